The summed E-state index contributed by atoms with van der Waals surface area (Å²) >= 11 is 0. The highest BCUT2D eigenvalue weighted by atomic mass is 16.5. The van der Waals surface area contributed by atoms with Gasteiger partial charge in [-0.05, 0) is 137 Å². The molecule has 7 aromatic carbocycles. The van der Waals surface area contributed by atoms with Gasteiger partial charge in [0, 0.05) is 29.4 Å². The number of carbonyl (C=O) groups is 5. The molecule has 11 heteroatoms. The molecule has 0 aromatic heterocycles. The van der Waals surface area contributed by atoms with Gasteiger partial charge in [-0.25, -0.2) is 9.59 Å². The Labute approximate surface area is 313 Å². The predicted octanol–water partition coefficient (Wildman–Crippen LogP) is 8.57. The van der Waals surface area contributed by atoms with Crippen molar-refractivity contribution in [2.45, 2.75) is 6.92 Å². The fourth-order valence-electron chi connectivity index (χ4n) is 5.69. The molecule has 11 nitrogen and oxygen atoms in total. The lowest BCUT2D eigenvalue weighted by Crippen LogP contribution is -2.14. The molecule has 270 valence electrons. The van der Waals surface area contributed by atoms with Crippen LogP contribution in [0.2, 0.25) is 0 Å². The minimum absolute atomic E-state index is 0.144. The molecule has 7 rings (SSSR count). The van der Waals surface area contributed by atoms with Gasteiger partial charge in [-0.2, -0.15) is 0 Å². The van der Waals surface area contributed by atoms with Gasteiger partial charge in [-0.15, -0.1) is 0 Å². The van der Waals surface area contributed by atoms with Gasteiger partial charge < -0.3 is 30.0 Å². The van der Waals surface area contributed by atoms with Gasteiger partial charge in [0.1, 0.15) is 23.0 Å². The third-order valence-corrected chi connectivity index (χ3v) is 8.40. The van der Waals surface area contributed by atoms with E-state index in [-0.39, 0.29) is 34.3 Å². The van der Waals surface area contributed by atoms with Gasteiger partial charge in [-0.3, -0.25) is 14.4 Å². The standard InChI is InChI=1S/C44H30N2O9/c1-26(47)53-40-16-10-28-22-34(8-6-30(28)25-40)44(52)55-39-19-11-35(12-20-39)45-41(49)31-3-2-4-33(23-31)43(51)54-38-17-13-36(14-18-38)46-42(50)32-7-5-29-24-37(48)15-9-27(29)21-32/h2-25,48H,1H3,(H,45,49)(H,46,50). The van der Waals surface area contributed by atoms with E-state index in [1.165, 1.54) is 19.1 Å². The molecular weight excluding hydrogens is 700 g/mol. The summed E-state index contributed by atoms with van der Waals surface area (Å²) in [5, 5.41) is 18.4. The zero-order chi connectivity index (χ0) is 38.5. The van der Waals surface area contributed by atoms with Crippen LogP contribution in [0.5, 0.6) is 23.0 Å². The summed E-state index contributed by atoms with van der Waals surface area (Å²) in [4.78, 5) is 62.9. The van der Waals surface area contributed by atoms with E-state index in [1.54, 1.807) is 133 Å². The highest BCUT2D eigenvalue weighted by molar-refractivity contribution is 6.07. The molecule has 0 fully saturated rings. The highest BCUT2D eigenvalue weighted by Crippen LogP contribution is 2.25. The first kappa shape index (κ1) is 35.6. The monoisotopic (exact) mass is 730 g/mol. The van der Waals surface area contributed by atoms with Crippen molar-refractivity contribution in [3.05, 3.63) is 168 Å². The first-order valence-electron chi connectivity index (χ1n) is 16.9. The molecule has 2 amide bonds. The summed E-state index contributed by atoms with van der Waals surface area (Å²) < 4.78 is 16.1. The van der Waals surface area contributed by atoms with E-state index in [0.29, 0.717) is 28.3 Å². The Bertz CT molecular complexity index is 2640. The maximum atomic E-state index is 13.1. The van der Waals surface area contributed by atoms with Crippen molar-refractivity contribution in [3.63, 3.8) is 0 Å². The Kier molecular flexibility index (Phi) is 10.00. The van der Waals surface area contributed by atoms with Crippen LogP contribution in [0.4, 0.5) is 11.4 Å². The van der Waals surface area contributed by atoms with Gasteiger partial charge in [0.15, 0.2) is 0 Å². The number of fused-ring (bicyclic) bond motifs is 2. The highest BCUT2D eigenvalue weighted by Gasteiger charge is 2.15. The summed E-state index contributed by atoms with van der Waals surface area (Å²) in [5.41, 5.74) is 2.04. The van der Waals surface area contributed by atoms with E-state index >= 15 is 0 Å². The lowest BCUT2D eigenvalue weighted by atomic mass is 10.1. The predicted molar refractivity (Wildman–Crippen MR) is 206 cm³/mol. The van der Waals surface area contributed by atoms with E-state index in [1.807, 2.05) is 0 Å². The van der Waals surface area contributed by atoms with E-state index in [2.05, 4.69) is 10.6 Å². The molecule has 0 spiro atoms. The van der Waals surface area contributed by atoms with Crippen molar-refractivity contribution in [1.82, 2.24) is 0 Å². The van der Waals surface area contributed by atoms with Crippen molar-refractivity contribution >= 4 is 62.6 Å². The number of hydrogen-bond donors (Lipinski definition) is 3. The fourth-order valence-corrected chi connectivity index (χ4v) is 5.69. The van der Waals surface area contributed by atoms with E-state index in [4.69, 9.17) is 14.2 Å². The van der Waals surface area contributed by atoms with Crippen molar-refractivity contribution in [3.8, 4) is 23.0 Å². The Morgan fingerprint density at radius 2 is 0.873 bits per heavy atom. The zero-order valence-electron chi connectivity index (χ0n) is 29.1. The molecular formula is C44H30N2O9. The summed E-state index contributed by atoms with van der Waals surface area (Å²) in [6.45, 7) is 1.32. The Hall–Kier alpha value is -7.79. The summed E-state index contributed by atoms with van der Waals surface area (Å²) in [5.74, 6) is -1.43. The number of benzene rings is 7. The van der Waals surface area contributed by atoms with Crippen LogP contribution in [0.1, 0.15) is 48.4 Å². The van der Waals surface area contributed by atoms with Crippen molar-refractivity contribution in [2.75, 3.05) is 10.6 Å². The topological polar surface area (TPSA) is 157 Å². The molecule has 0 unspecified atom stereocenters. The Balaban J connectivity index is 0.921. The number of carbonyl (C=O) groups excluding carboxylic acids is 5. The number of aromatic hydroxyl groups is 1. The minimum Gasteiger partial charge on any atom is -0.508 e. The Morgan fingerprint density at radius 1 is 0.436 bits per heavy atom. The number of esters is 3. The molecule has 0 atom stereocenters. The molecule has 3 N–H and O–H groups in total. The van der Waals surface area contributed by atoms with Crippen molar-refractivity contribution in [2.24, 2.45) is 0 Å². The number of anilines is 2. The summed E-state index contributed by atoms with van der Waals surface area (Å²) in [6, 6.07) is 38.7. The van der Waals surface area contributed by atoms with Crippen molar-refractivity contribution < 1.29 is 43.3 Å². The third kappa shape index (κ3) is 8.65. The molecule has 7 aromatic rings. The number of rotatable bonds is 9. The first-order valence-corrected chi connectivity index (χ1v) is 16.9. The van der Waals surface area contributed by atoms with Crippen LogP contribution in [-0.2, 0) is 4.79 Å². The average molecular weight is 731 g/mol. The lowest BCUT2D eigenvalue weighted by molar-refractivity contribution is -0.131. The van der Waals surface area contributed by atoms with E-state index in [0.717, 1.165) is 21.5 Å². The van der Waals surface area contributed by atoms with Crippen LogP contribution in [0, 0.1) is 0 Å². The molecule has 0 radical (unpaired) electrons. The molecule has 0 aliphatic rings. The molecule has 0 bridgehead atoms. The first-order chi connectivity index (χ1) is 26.6. The van der Waals surface area contributed by atoms with Gasteiger partial charge in [-0.1, -0.05) is 30.3 Å². The van der Waals surface area contributed by atoms with Gasteiger partial charge in [0.25, 0.3) is 11.8 Å². The van der Waals surface area contributed by atoms with Crippen LogP contribution < -0.4 is 24.8 Å². The number of phenols is 1. The van der Waals surface area contributed by atoms with Crippen molar-refractivity contribution in [1.29, 1.82) is 0 Å². The Morgan fingerprint density at radius 3 is 1.47 bits per heavy atom. The second-order valence-electron chi connectivity index (χ2n) is 12.4. The normalized spacial score (nSPS) is 10.7. The second-order valence-corrected chi connectivity index (χ2v) is 12.4. The van der Waals surface area contributed by atoms with Crippen LogP contribution in [0.3, 0.4) is 0 Å². The molecule has 0 heterocycles. The summed E-state index contributed by atoms with van der Waals surface area (Å²) in [7, 11) is 0. The minimum atomic E-state index is -0.682. The molecule has 0 aliphatic heterocycles. The van der Waals surface area contributed by atoms with Crippen LogP contribution in [-0.4, -0.2) is 34.8 Å². The van der Waals surface area contributed by atoms with Gasteiger partial charge >= 0.3 is 17.9 Å². The number of ether oxygens (including phenoxy) is 3. The third-order valence-electron chi connectivity index (χ3n) is 8.40. The van der Waals surface area contributed by atoms with E-state index in [9.17, 15) is 29.1 Å². The lowest BCUT2D eigenvalue weighted by Gasteiger charge is -2.10. The molecule has 55 heavy (non-hydrogen) atoms. The van der Waals surface area contributed by atoms with Gasteiger partial charge in [0.2, 0.25) is 0 Å². The second kappa shape index (κ2) is 15.4. The van der Waals surface area contributed by atoms with E-state index < -0.39 is 23.8 Å². The average Bonchev–Trinajstić information content (AvgIpc) is 3.18. The van der Waals surface area contributed by atoms with Crippen LogP contribution >= 0.6 is 0 Å². The smallest absolute Gasteiger partial charge is 0.343 e. The maximum absolute atomic E-state index is 13.1. The molecule has 0 aliphatic carbocycles. The quantitative estimate of drug-likeness (QED) is 0.0978. The molecule has 0 saturated carbocycles. The van der Waals surface area contributed by atoms with Crippen LogP contribution in [0.15, 0.2) is 146 Å². The zero-order valence-corrected chi connectivity index (χ0v) is 29.1. The largest absolute Gasteiger partial charge is 0.508 e. The molecule has 0 saturated heterocycles. The number of nitrogens with one attached hydrogen (secondary N) is 2. The SMILES string of the molecule is CC(=O)Oc1ccc2cc(C(=O)Oc3ccc(NC(=O)c4cccc(C(=O)Oc5ccc(NC(=O)c6ccc7cc(O)ccc7c6)cc5)c4)cc3)ccc2c1. The summed E-state index contributed by atoms with van der Waals surface area (Å²) in [6.07, 6.45) is 0. The van der Waals surface area contributed by atoms with Crippen LogP contribution in [0.25, 0.3) is 21.5 Å². The number of hydrogen-bond acceptors (Lipinski definition) is 9. The maximum Gasteiger partial charge on any atom is 0.343 e. The number of phenolic OH excluding ortho intramolecular Hbond substituents is 1. The fraction of sp³-hybridized carbons (Fsp3) is 0.0227. The van der Waals surface area contributed by atoms with Gasteiger partial charge in [0.05, 0.1) is 11.1 Å². The number of amides is 2.